The van der Waals surface area contributed by atoms with Gasteiger partial charge in [0.25, 0.3) is 0 Å². The summed E-state index contributed by atoms with van der Waals surface area (Å²) < 4.78 is 6.38. The van der Waals surface area contributed by atoms with E-state index in [1.165, 1.54) is 12.3 Å². The second kappa shape index (κ2) is 5.55. The first kappa shape index (κ1) is 13.1. The molecule has 1 heterocycles. The molecule has 0 bridgehead atoms. The molecule has 0 aliphatic rings. The number of hydrogen-bond donors (Lipinski definition) is 1. The molecule has 0 amide bonds. The van der Waals surface area contributed by atoms with Crippen LogP contribution in [0, 0.1) is 26.2 Å². The highest BCUT2D eigenvalue weighted by Gasteiger charge is 2.10. The second-order valence-electron chi connectivity index (χ2n) is 3.58. The molecule has 0 unspecified atom stereocenters. The van der Waals surface area contributed by atoms with Crippen LogP contribution in [0.5, 0.6) is 11.5 Å². The molecule has 0 spiro atoms. The molecular weight excluding hydrogens is 355 g/mol. The Bertz CT molecular complexity index is 692. The summed E-state index contributed by atoms with van der Waals surface area (Å²) >= 11 is 2.04. The van der Waals surface area contributed by atoms with Crippen molar-refractivity contribution in [2.24, 2.45) is 0 Å². The van der Waals surface area contributed by atoms with Crippen molar-refractivity contribution in [2.45, 2.75) is 0 Å². The minimum atomic E-state index is 0.264. The molecule has 1 aromatic heterocycles. The average Bonchev–Trinajstić information content (AvgIpc) is 2.42. The Morgan fingerprint density at radius 2 is 2.00 bits per heavy atom. The van der Waals surface area contributed by atoms with E-state index in [0.29, 0.717) is 22.7 Å². The van der Waals surface area contributed by atoms with Gasteiger partial charge in [-0.2, -0.15) is 10.5 Å². The van der Waals surface area contributed by atoms with Gasteiger partial charge in [0, 0.05) is 12.3 Å². The third-order valence-electron chi connectivity index (χ3n) is 2.27. The highest BCUT2D eigenvalue weighted by Crippen LogP contribution is 2.33. The standard InChI is InChI=1S/C13H7IN4O/c14-11-3-8(6-15)4-12(17)13(11)19-10-1-2-18-9(5-10)7-16/h1-5H,17H2. The zero-order valence-corrected chi connectivity index (χ0v) is 11.7. The van der Waals surface area contributed by atoms with Gasteiger partial charge >= 0.3 is 0 Å². The van der Waals surface area contributed by atoms with E-state index in [2.05, 4.69) is 4.98 Å². The number of aromatic nitrogens is 1. The smallest absolute Gasteiger partial charge is 0.163 e. The maximum atomic E-state index is 8.84. The van der Waals surface area contributed by atoms with Crippen molar-refractivity contribution in [3.05, 3.63) is 45.3 Å². The van der Waals surface area contributed by atoms with Crippen LogP contribution >= 0.6 is 22.6 Å². The molecule has 0 radical (unpaired) electrons. The highest BCUT2D eigenvalue weighted by atomic mass is 127. The lowest BCUT2D eigenvalue weighted by Gasteiger charge is -2.10. The minimum Gasteiger partial charge on any atom is -0.454 e. The third kappa shape index (κ3) is 2.92. The van der Waals surface area contributed by atoms with Gasteiger partial charge in [0.1, 0.15) is 17.5 Å². The molecule has 0 fully saturated rings. The number of benzene rings is 1. The number of nitrogen functional groups attached to an aromatic ring is 1. The zero-order chi connectivity index (χ0) is 13.8. The predicted molar refractivity (Wildman–Crippen MR) is 77.3 cm³/mol. The van der Waals surface area contributed by atoms with Crippen LogP contribution in [0.15, 0.2) is 30.5 Å². The molecule has 0 aliphatic carbocycles. The van der Waals surface area contributed by atoms with Crippen molar-refractivity contribution >= 4 is 28.3 Å². The van der Waals surface area contributed by atoms with Crippen molar-refractivity contribution < 1.29 is 4.74 Å². The van der Waals surface area contributed by atoms with E-state index < -0.39 is 0 Å². The number of hydrogen-bond acceptors (Lipinski definition) is 5. The lowest BCUT2D eigenvalue weighted by atomic mass is 10.2. The van der Waals surface area contributed by atoms with Crippen LogP contribution in [0.3, 0.4) is 0 Å². The number of rotatable bonds is 2. The molecule has 0 saturated heterocycles. The Kier molecular flexibility index (Phi) is 3.83. The van der Waals surface area contributed by atoms with Crippen LogP contribution in [0.2, 0.25) is 0 Å². The monoisotopic (exact) mass is 362 g/mol. The van der Waals surface area contributed by atoms with Crippen LogP contribution in [0.25, 0.3) is 0 Å². The van der Waals surface area contributed by atoms with E-state index >= 15 is 0 Å². The van der Waals surface area contributed by atoms with Gasteiger partial charge in [-0.15, -0.1) is 0 Å². The summed E-state index contributed by atoms with van der Waals surface area (Å²) in [5.74, 6) is 0.940. The molecule has 19 heavy (non-hydrogen) atoms. The van der Waals surface area contributed by atoms with Crippen LogP contribution < -0.4 is 10.5 Å². The Morgan fingerprint density at radius 1 is 1.21 bits per heavy atom. The largest absolute Gasteiger partial charge is 0.454 e. The van der Waals surface area contributed by atoms with Crippen LogP contribution in [0.4, 0.5) is 5.69 Å². The lowest BCUT2D eigenvalue weighted by molar-refractivity contribution is 0.480. The van der Waals surface area contributed by atoms with Gasteiger partial charge in [-0.05, 0) is 40.8 Å². The number of nitrogens with two attached hydrogens (primary N) is 1. The molecule has 1 aromatic carbocycles. The van der Waals surface area contributed by atoms with Crippen molar-refractivity contribution in [3.63, 3.8) is 0 Å². The number of anilines is 1. The van der Waals surface area contributed by atoms with E-state index in [0.717, 1.165) is 3.57 Å². The third-order valence-corrected chi connectivity index (χ3v) is 3.07. The first-order valence-electron chi connectivity index (χ1n) is 5.17. The molecule has 92 valence electrons. The highest BCUT2D eigenvalue weighted by molar-refractivity contribution is 14.1. The van der Waals surface area contributed by atoms with E-state index in [-0.39, 0.29) is 5.69 Å². The Morgan fingerprint density at radius 3 is 2.63 bits per heavy atom. The number of pyridine rings is 1. The van der Waals surface area contributed by atoms with E-state index in [1.54, 1.807) is 18.2 Å². The molecule has 0 atom stereocenters. The van der Waals surface area contributed by atoms with Gasteiger partial charge in [-0.1, -0.05) is 0 Å². The maximum absolute atomic E-state index is 8.84. The Balaban J connectivity index is 2.39. The van der Waals surface area contributed by atoms with Crippen LogP contribution in [0.1, 0.15) is 11.3 Å². The molecule has 2 N–H and O–H groups in total. The topological polar surface area (TPSA) is 95.7 Å². The fraction of sp³-hybridized carbons (Fsp3) is 0. The van der Waals surface area contributed by atoms with Gasteiger partial charge in [-0.3, -0.25) is 0 Å². The summed E-state index contributed by atoms with van der Waals surface area (Å²) in [4.78, 5) is 3.85. The van der Waals surface area contributed by atoms with E-state index in [1.807, 2.05) is 34.7 Å². The fourth-order valence-corrected chi connectivity index (χ4v) is 2.20. The summed E-state index contributed by atoms with van der Waals surface area (Å²) in [7, 11) is 0. The molecule has 2 rings (SSSR count). The molecule has 2 aromatic rings. The molecule has 6 heteroatoms. The lowest BCUT2D eigenvalue weighted by Crippen LogP contribution is -1.96. The van der Waals surface area contributed by atoms with Gasteiger partial charge in [0.05, 0.1) is 20.9 Å². The Hall–Kier alpha value is -2.32. The summed E-state index contributed by atoms with van der Waals surface area (Å²) in [6.07, 6.45) is 1.49. The van der Waals surface area contributed by atoms with Crippen LogP contribution in [-0.2, 0) is 0 Å². The van der Waals surface area contributed by atoms with Gasteiger partial charge in [-0.25, -0.2) is 4.98 Å². The fourth-order valence-electron chi connectivity index (χ4n) is 1.44. The normalized spacial score (nSPS) is 9.42. The predicted octanol–water partition coefficient (Wildman–Crippen LogP) is 2.80. The van der Waals surface area contributed by atoms with E-state index in [4.69, 9.17) is 21.0 Å². The average molecular weight is 362 g/mol. The van der Waals surface area contributed by atoms with E-state index in [9.17, 15) is 0 Å². The first-order valence-corrected chi connectivity index (χ1v) is 6.25. The van der Waals surface area contributed by atoms with Crippen molar-refractivity contribution in [3.8, 4) is 23.6 Å². The minimum absolute atomic E-state index is 0.264. The number of halogens is 1. The summed E-state index contributed by atoms with van der Waals surface area (Å²) in [6, 6.07) is 10.3. The number of nitrogens with zero attached hydrogens (tertiary/aromatic N) is 3. The van der Waals surface area contributed by atoms with Crippen molar-refractivity contribution in [2.75, 3.05) is 5.73 Å². The SMILES string of the molecule is N#Cc1cc(N)c(Oc2ccnc(C#N)c2)c(I)c1. The summed E-state index contributed by atoms with van der Waals surface area (Å²) in [5.41, 5.74) is 6.97. The molecule has 5 nitrogen and oxygen atoms in total. The quantitative estimate of drug-likeness (QED) is 0.655. The van der Waals surface area contributed by atoms with Crippen LogP contribution in [-0.4, -0.2) is 4.98 Å². The molecule has 0 saturated carbocycles. The van der Waals surface area contributed by atoms with Gasteiger partial charge < -0.3 is 10.5 Å². The summed E-state index contributed by atoms with van der Waals surface area (Å²) in [6.45, 7) is 0. The van der Waals surface area contributed by atoms with Crippen molar-refractivity contribution in [1.29, 1.82) is 10.5 Å². The second-order valence-corrected chi connectivity index (χ2v) is 4.74. The number of nitriles is 2. The van der Waals surface area contributed by atoms with Gasteiger partial charge in [0.15, 0.2) is 5.75 Å². The maximum Gasteiger partial charge on any atom is 0.163 e. The molecule has 0 aliphatic heterocycles. The zero-order valence-electron chi connectivity index (χ0n) is 9.59. The number of ether oxygens (including phenoxy) is 1. The van der Waals surface area contributed by atoms with Gasteiger partial charge in [0.2, 0.25) is 0 Å². The summed E-state index contributed by atoms with van der Waals surface area (Å²) in [5, 5.41) is 17.6. The Labute approximate surface area is 123 Å². The van der Waals surface area contributed by atoms with Crippen molar-refractivity contribution in [1.82, 2.24) is 4.98 Å². The molecular formula is C13H7IN4O. The first-order chi connectivity index (χ1) is 9.13.